The molecular formula is C5H9O8P. The summed E-state index contributed by atoms with van der Waals surface area (Å²) in [5, 5.41) is 8.18. The molecule has 4 N–H and O–H groups in total. The van der Waals surface area contributed by atoms with Crippen molar-refractivity contribution in [2.75, 3.05) is 13.2 Å². The molecule has 0 atom stereocenters. The van der Waals surface area contributed by atoms with Gasteiger partial charge in [-0.05, 0) is 0 Å². The fourth-order valence-corrected chi connectivity index (χ4v) is 0.780. The average Bonchev–Trinajstić information content (AvgIpc) is 2.10. The van der Waals surface area contributed by atoms with Crippen molar-refractivity contribution in [2.45, 2.75) is 0 Å². The zero-order chi connectivity index (χ0) is 11.4. The third-order valence-corrected chi connectivity index (χ3v) is 1.58. The van der Waals surface area contributed by atoms with Gasteiger partial charge in [0.2, 0.25) is 0 Å². The number of Topliss-reactive ketones (excluding diaryl/α,β-unsaturated/α-hetero) is 3. The Balaban J connectivity index is 4.11. The predicted octanol–water partition coefficient (Wildman–Crippen LogP) is -2.91. The van der Waals surface area contributed by atoms with E-state index in [4.69, 9.17) is 19.8 Å². The molecule has 0 aromatic carbocycles. The summed E-state index contributed by atoms with van der Waals surface area (Å²) in [5.41, 5.74) is 0. The van der Waals surface area contributed by atoms with E-state index in [1.807, 2.05) is 0 Å². The summed E-state index contributed by atoms with van der Waals surface area (Å²) in [4.78, 5) is 56.5. The summed E-state index contributed by atoms with van der Waals surface area (Å²) in [6.07, 6.45) is 0. The Morgan fingerprint density at radius 1 is 1.07 bits per heavy atom. The number of hydrogen-bond donors (Lipinski definition) is 4. The Morgan fingerprint density at radius 3 is 1.93 bits per heavy atom. The molecule has 0 fully saturated rings. The van der Waals surface area contributed by atoms with E-state index in [0.29, 0.717) is 0 Å². The standard InChI is InChI=1S/C5H9O8P/c6-1-3(7)5(9)4(8)2-13-14(10,11)12/h6,10-12,14H,1-2H2. The minimum absolute atomic E-state index is 1.12. The second-order valence-corrected chi connectivity index (χ2v) is 3.63. The minimum atomic E-state index is -4.86. The Bertz CT molecular complexity index is 253. The molecule has 0 unspecified atom stereocenters. The third kappa shape index (κ3) is 5.07. The molecular weight excluding hydrogens is 219 g/mol. The first-order valence-electron chi connectivity index (χ1n) is 3.30. The first-order chi connectivity index (χ1) is 6.28. The van der Waals surface area contributed by atoms with Gasteiger partial charge in [0.1, 0.15) is 0 Å². The number of aliphatic hydroxyl groups is 1. The van der Waals surface area contributed by atoms with E-state index in [2.05, 4.69) is 4.52 Å². The molecule has 0 aliphatic carbocycles. The molecule has 0 bridgehead atoms. The first-order valence-corrected chi connectivity index (χ1v) is 5.05. The van der Waals surface area contributed by atoms with Gasteiger partial charge in [-0.3, -0.25) is 0 Å². The van der Waals surface area contributed by atoms with E-state index in [1.54, 1.807) is 0 Å². The van der Waals surface area contributed by atoms with E-state index < -0.39 is 38.7 Å². The van der Waals surface area contributed by atoms with Gasteiger partial charge in [-0.1, -0.05) is 0 Å². The molecule has 0 aromatic rings. The summed E-state index contributed by atoms with van der Waals surface area (Å²) < 4.78 is 3.81. The van der Waals surface area contributed by atoms with Crippen LogP contribution >= 0.6 is 8.17 Å². The number of carbonyl (C=O) groups excluding carboxylic acids is 3. The summed E-state index contributed by atoms with van der Waals surface area (Å²) in [5.74, 6) is -4.23. The molecule has 0 aliphatic heterocycles. The molecule has 8 nitrogen and oxygen atoms in total. The van der Waals surface area contributed by atoms with Crippen LogP contribution in [0.1, 0.15) is 0 Å². The topological polar surface area (TPSA) is 141 Å². The van der Waals surface area contributed by atoms with Crippen molar-refractivity contribution < 1.29 is 38.7 Å². The summed E-state index contributed by atoms with van der Waals surface area (Å²) in [7, 11) is -4.86. The summed E-state index contributed by atoms with van der Waals surface area (Å²) >= 11 is 0. The number of hydrogen-bond acceptors (Lipinski definition) is 8. The molecule has 0 saturated heterocycles. The van der Waals surface area contributed by atoms with Crippen molar-refractivity contribution in [1.29, 1.82) is 0 Å². The summed E-state index contributed by atoms with van der Waals surface area (Å²) in [6, 6.07) is 0. The van der Waals surface area contributed by atoms with Crippen LogP contribution in [0.2, 0.25) is 0 Å². The van der Waals surface area contributed by atoms with Crippen LogP contribution < -0.4 is 0 Å². The van der Waals surface area contributed by atoms with Crippen molar-refractivity contribution in [3.63, 3.8) is 0 Å². The van der Waals surface area contributed by atoms with Gasteiger partial charge in [-0.2, -0.15) is 0 Å². The SMILES string of the molecule is O=C(CO)C(=O)C(=O)CO[PH](O)(O)O. The third-order valence-electron chi connectivity index (χ3n) is 1.05. The molecule has 0 rings (SSSR count). The predicted molar refractivity (Wildman–Crippen MR) is 43.0 cm³/mol. The van der Waals surface area contributed by atoms with Crippen LogP contribution in [0.3, 0.4) is 0 Å². The van der Waals surface area contributed by atoms with Crippen LogP contribution in [-0.4, -0.2) is 50.4 Å². The zero-order valence-corrected chi connectivity index (χ0v) is 7.84. The van der Waals surface area contributed by atoms with Crippen molar-refractivity contribution in [3.05, 3.63) is 0 Å². The molecule has 82 valence electrons. The van der Waals surface area contributed by atoms with E-state index in [0.717, 1.165) is 0 Å². The van der Waals surface area contributed by atoms with Crippen molar-refractivity contribution in [3.8, 4) is 0 Å². The Hall–Kier alpha value is -0.760. The second-order valence-electron chi connectivity index (χ2n) is 2.20. The molecule has 0 aromatic heterocycles. The maximum atomic E-state index is 10.7. The maximum absolute atomic E-state index is 10.7. The quantitative estimate of drug-likeness (QED) is 0.215. The van der Waals surface area contributed by atoms with Crippen LogP contribution in [0.5, 0.6) is 0 Å². The van der Waals surface area contributed by atoms with Crippen molar-refractivity contribution >= 4 is 25.5 Å². The average molecular weight is 228 g/mol. The van der Waals surface area contributed by atoms with E-state index >= 15 is 0 Å². The van der Waals surface area contributed by atoms with E-state index in [9.17, 15) is 14.4 Å². The molecule has 0 spiro atoms. The number of rotatable bonds is 6. The molecule has 0 heterocycles. The van der Waals surface area contributed by atoms with Gasteiger partial charge in [0.05, 0.1) is 0 Å². The van der Waals surface area contributed by atoms with Crippen LogP contribution in [0.4, 0.5) is 0 Å². The Morgan fingerprint density at radius 2 is 1.57 bits per heavy atom. The van der Waals surface area contributed by atoms with Gasteiger partial charge < -0.3 is 0 Å². The van der Waals surface area contributed by atoms with Gasteiger partial charge in [-0.25, -0.2) is 0 Å². The number of aliphatic hydroxyl groups excluding tert-OH is 1. The molecule has 0 amide bonds. The Kier molecular flexibility index (Phi) is 4.92. The van der Waals surface area contributed by atoms with Crippen molar-refractivity contribution in [2.24, 2.45) is 0 Å². The van der Waals surface area contributed by atoms with E-state index in [1.165, 1.54) is 0 Å². The van der Waals surface area contributed by atoms with Crippen LogP contribution in [0.15, 0.2) is 0 Å². The van der Waals surface area contributed by atoms with Gasteiger partial charge in [0.25, 0.3) is 0 Å². The number of ketones is 3. The van der Waals surface area contributed by atoms with Crippen LogP contribution in [0.25, 0.3) is 0 Å². The monoisotopic (exact) mass is 228 g/mol. The zero-order valence-electron chi connectivity index (χ0n) is 6.84. The molecule has 0 saturated carbocycles. The second kappa shape index (κ2) is 5.20. The van der Waals surface area contributed by atoms with Crippen molar-refractivity contribution in [1.82, 2.24) is 0 Å². The normalized spacial score (nSPS) is 12.3. The Labute approximate surface area is 78.4 Å². The van der Waals surface area contributed by atoms with E-state index in [-0.39, 0.29) is 0 Å². The van der Waals surface area contributed by atoms with Gasteiger partial charge in [0.15, 0.2) is 0 Å². The number of carbonyl (C=O) groups is 3. The van der Waals surface area contributed by atoms with Gasteiger partial charge in [0, 0.05) is 0 Å². The van der Waals surface area contributed by atoms with Gasteiger partial charge in [-0.15, -0.1) is 0 Å². The molecule has 14 heavy (non-hydrogen) atoms. The van der Waals surface area contributed by atoms with Crippen LogP contribution in [0, 0.1) is 0 Å². The molecule has 9 heteroatoms. The fraction of sp³-hybridized carbons (Fsp3) is 0.400. The molecule has 0 radical (unpaired) electrons. The van der Waals surface area contributed by atoms with Crippen LogP contribution in [-0.2, 0) is 18.9 Å². The summed E-state index contributed by atoms with van der Waals surface area (Å²) in [6.45, 7) is -2.25. The van der Waals surface area contributed by atoms with Gasteiger partial charge >= 0.3 is 77.4 Å². The molecule has 0 aliphatic rings. The first kappa shape index (κ1) is 13.2. The fourth-order valence-electron chi connectivity index (χ4n) is 0.455.